The van der Waals surface area contributed by atoms with Gasteiger partial charge in [0, 0.05) is 23.8 Å². The van der Waals surface area contributed by atoms with E-state index in [0.29, 0.717) is 28.8 Å². The molecule has 1 aromatic heterocycles. The summed E-state index contributed by atoms with van der Waals surface area (Å²) in [5, 5.41) is 7.12. The lowest BCUT2D eigenvalue weighted by atomic mass is 9.78. The van der Waals surface area contributed by atoms with Gasteiger partial charge in [0.2, 0.25) is 5.96 Å². The van der Waals surface area contributed by atoms with Crippen LogP contribution in [0.2, 0.25) is 0 Å². The van der Waals surface area contributed by atoms with E-state index < -0.39 is 17.7 Å². The fourth-order valence-electron chi connectivity index (χ4n) is 4.91. The predicted octanol–water partition coefficient (Wildman–Crippen LogP) is 6.10. The monoisotopic (exact) mass is 516 g/mol. The van der Waals surface area contributed by atoms with Gasteiger partial charge in [-0.3, -0.25) is 4.79 Å². The summed E-state index contributed by atoms with van der Waals surface area (Å²) in [6.45, 7) is 0. The molecule has 3 aromatic carbocycles. The van der Waals surface area contributed by atoms with Gasteiger partial charge < -0.3 is 15.4 Å². The first kappa shape index (κ1) is 23.3. The van der Waals surface area contributed by atoms with Gasteiger partial charge in [-0.2, -0.15) is 0 Å². The molecule has 0 spiro atoms. The summed E-state index contributed by atoms with van der Waals surface area (Å²) in [5.41, 5.74) is 3.27. The maximum atomic E-state index is 14.2. The number of thiazole rings is 1. The SMILES string of the molecule is COc1ccc(C2CC(=O)C3=C(C2)NC(Nc2nc4ccccc4s2)=NC3c2cc(F)cc(F)c2)cc1. The molecule has 0 radical (unpaired) electrons. The van der Waals surface area contributed by atoms with Gasteiger partial charge in [0.15, 0.2) is 10.9 Å². The van der Waals surface area contributed by atoms with E-state index in [4.69, 9.17) is 4.74 Å². The van der Waals surface area contributed by atoms with Gasteiger partial charge in [-0.25, -0.2) is 18.8 Å². The maximum Gasteiger partial charge on any atom is 0.202 e. The number of rotatable bonds is 4. The standard InChI is InChI=1S/C28H22F2N4O2S/c1-36-20-8-6-15(7-9-20)16-12-22-25(23(35)13-16)26(17-10-18(29)14-19(30)11-17)33-27(31-22)34-28-32-21-4-2-3-5-24(21)37-28/h2-11,14,16,26H,12-13H2,1H3,(H2,31,32,33,34). The van der Waals surface area contributed by atoms with Gasteiger partial charge in [0.05, 0.1) is 17.3 Å². The van der Waals surface area contributed by atoms with Crippen molar-refractivity contribution in [3.63, 3.8) is 0 Å². The van der Waals surface area contributed by atoms with Crippen molar-refractivity contribution < 1.29 is 18.3 Å². The number of ether oxygens (including phenoxy) is 1. The smallest absolute Gasteiger partial charge is 0.202 e. The van der Waals surface area contributed by atoms with Gasteiger partial charge in [-0.15, -0.1) is 0 Å². The largest absolute Gasteiger partial charge is 0.497 e. The second-order valence-corrected chi connectivity index (χ2v) is 10.0. The number of nitrogens with zero attached hydrogens (tertiary/aromatic N) is 2. The molecule has 6 nitrogen and oxygen atoms in total. The number of halogens is 2. The molecule has 4 aromatic rings. The molecule has 1 aliphatic carbocycles. The molecule has 2 unspecified atom stereocenters. The average molecular weight is 517 g/mol. The van der Waals surface area contributed by atoms with E-state index in [9.17, 15) is 13.6 Å². The molecule has 9 heteroatoms. The number of methoxy groups -OCH3 is 1. The highest BCUT2D eigenvalue weighted by atomic mass is 32.1. The number of Topliss-reactive ketones (excluding diaryl/α,β-unsaturated/α-hetero) is 1. The number of allylic oxidation sites excluding steroid dienone is 1. The lowest BCUT2D eigenvalue weighted by Crippen LogP contribution is -2.39. The molecular weight excluding hydrogens is 494 g/mol. The van der Waals surface area contributed by atoms with Crippen molar-refractivity contribution in [2.24, 2.45) is 4.99 Å². The number of para-hydroxylation sites is 1. The van der Waals surface area contributed by atoms with Crippen LogP contribution in [0.5, 0.6) is 5.75 Å². The molecule has 2 N–H and O–H groups in total. The van der Waals surface area contributed by atoms with Crippen LogP contribution < -0.4 is 15.4 Å². The van der Waals surface area contributed by atoms with Gasteiger partial charge in [-0.05, 0) is 59.9 Å². The number of carbonyl (C=O) groups is 1. The van der Waals surface area contributed by atoms with E-state index in [2.05, 4.69) is 20.6 Å². The zero-order chi connectivity index (χ0) is 25.5. The quantitative estimate of drug-likeness (QED) is 0.343. The minimum absolute atomic E-state index is 0.0589. The summed E-state index contributed by atoms with van der Waals surface area (Å²) >= 11 is 1.47. The van der Waals surface area contributed by atoms with Crippen LogP contribution in [-0.4, -0.2) is 23.8 Å². The molecule has 1 aliphatic heterocycles. The molecule has 0 fully saturated rings. The van der Waals surface area contributed by atoms with Gasteiger partial charge >= 0.3 is 0 Å². The number of aliphatic imine (C=N–C) groups is 1. The summed E-state index contributed by atoms with van der Waals surface area (Å²) in [7, 11) is 1.61. The first-order valence-corrected chi connectivity index (χ1v) is 12.6. The Hall–Kier alpha value is -4.11. The van der Waals surface area contributed by atoms with E-state index in [1.807, 2.05) is 48.5 Å². The van der Waals surface area contributed by atoms with E-state index >= 15 is 0 Å². The highest BCUT2D eigenvalue weighted by molar-refractivity contribution is 7.22. The fraction of sp³-hybridized carbons (Fsp3) is 0.179. The minimum atomic E-state index is -0.845. The molecule has 2 aliphatic rings. The van der Waals surface area contributed by atoms with Gasteiger partial charge in [-0.1, -0.05) is 35.6 Å². The molecule has 2 heterocycles. The van der Waals surface area contributed by atoms with E-state index in [1.54, 1.807) is 7.11 Å². The van der Waals surface area contributed by atoms with Gasteiger partial charge in [0.25, 0.3) is 0 Å². The molecule has 0 saturated carbocycles. The maximum absolute atomic E-state index is 14.2. The molecule has 186 valence electrons. The van der Waals surface area contributed by atoms with Crippen LogP contribution in [0.15, 0.2) is 83.0 Å². The third-order valence-electron chi connectivity index (χ3n) is 6.62. The summed E-state index contributed by atoms with van der Waals surface area (Å²) in [6.07, 6.45) is 0.819. The first-order valence-electron chi connectivity index (χ1n) is 11.8. The summed E-state index contributed by atoms with van der Waals surface area (Å²) < 4.78 is 34.6. The Balaban J connectivity index is 1.38. The van der Waals surface area contributed by atoms with Crippen molar-refractivity contribution in [3.05, 3.63) is 101 Å². The average Bonchev–Trinajstić information content (AvgIpc) is 3.30. The lowest BCUT2D eigenvalue weighted by molar-refractivity contribution is -0.116. The van der Waals surface area contributed by atoms with Crippen LogP contribution in [0.3, 0.4) is 0 Å². The highest BCUT2D eigenvalue weighted by Gasteiger charge is 2.37. The zero-order valence-electron chi connectivity index (χ0n) is 19.8. The van der Waals surface area contributed by atoms with Crippen LogP contribution in [0, 0.1) is 11.6 Å². The number of anilines is 1. The lowest BCUT2D eigenvalue weighted by Gasteiger charge is -2.34. The van der Waals surface area contributed by atoms with Gasteiger partial charge in [0.1, 0.15) is 23.4 Å². The van der Waals surface area contributed by atoms with Crippen LogP contribution in [0.1, 0.15) is 35.9 Å². The number of carbonyl (C=O) groups excluding carboxylic acids is 1. The van der Waals surface area contributed by atoms with Crippen molar-refractivity contribution >= 4 is 38.4 Å². The number of hydrogen-bond acceptors (Lipinski definition) is 7. The van der Waals surface area contributed by atoms with E-state index in [0.717, 1.165) is 27.6 Å². The molecule has 6 rings (SSSR count). The van der Waals surface area contributed by atoms with E-state index in [-0.39, 0.29) is 23.7 Å². The molecular formula is C28H22F2N4O2S. The third kappa shape index (κ3) is 4.58. The Morgan fingerprint density at radius 2 is 1.76 bits per heavy atom. The highest BCUT2D eigenvalue weighted by Crippen LogP contribution is 2.42. The summed E-state index contributed by atoms with van der Waals surface area (Å²) in [6, 6.07) is 17.8. The Labute approximate surface area is 215 Å². The predicted molar refractivity (Wildman–Crippen MR) is 140 cm³/mol. The molecule has 0 saturated heterocycles. The number of benzene rings is 3. The van der Waals surface area contributed by atoms with Crippen molar-refractivity contribution in [1.82, 2.24) is 10.3 Å². The Morgan fingerprint density at radius 3 is 2.49 bits per heavy atom. The topological polar surface area (TPSA) is 75.6 Å². The van der Waals surface area contributed by atoms with Crippen molar-refractivity contribution in [1.29, 1.82) is 0 Å². The molecule has 37 heavy (non-hydrogen) atoms. The molecule has 0 amide bonds. The minimum Gasteiger partial charge on any atom is -0.497 e. The zero-order valence-corrected chi connectivity index (χ0v) is 20.6. The fourth-order valence-corrected chi connectivity index (χ4v) is 5.78. The molecule has 0 bridgehead atoms. The number of nitrogens with one attached hydrogen (secondary N) is 2. The van der Waals surface area contributed by atoms with Crippen LogP contribution in [0.25, 0.3) is 10.2 Å². The Kier molecular flexibility index (Phi) is 5.92. The number of hydrogen-bond donors (Lipinski definition) is 2. The summed E-state index contributed by atoms with van der Waals surface area (Å²) in [4.78, 5) is 22.8. The van der Waals surface area contributed by atoms with E-state index in [1.165, 1.54) is 23.5 Å². The number of aromatic nitrogens is 1. The van der Waals surface area contributed by atoms with Crippen LogP contribution >= 0.6 is 11.3 Å². The van der Waals surface area contributed by atoms with Crippen molar-refractivity contribution in [2.45, 2.75) is 24.8 Å². The normalized spacial score (nSPS) is 19.3. The summed E-state index contributed by atoms with van der Waals surface area (Å²) in [5.74, 6) is -0.486. The molecule has 2 atom stereocenters. The Bertz CT molecular complexity index is 1530. The Morgan fingerprint density at radius 1 is 1.00 bits per heavy atom. The van der Waals surface area contributed by atoms with Crippen molar-refractivity contribution in [3.8, 4) is 5.75 Å². The second kappa shape index (κ2) is 9.40. The first-order chi connectivity index (χ1) is 18.0. The third-order valence-corrected chi connectivity index (χ3v) is 7.57. The van der Waals surface area contributed by atoms with Crippen LogP contribution in [-0.2, 0) is 4.79 Å². The van der Waals surface area contributed by atoms with Crippen LogP contribution in [0.4, 0.5) is 13.9 Å². The number of fused-ring (bicyclic) bond motifs is 1. The number of ketones is 1. The van der Waals surface area contributed by atoms with Crippen molar-refractivity contribution in [2.75, 3.05) is 12.4 Å². The second-order valence-electron chi connectivity index (χ2n) is 9.01. The number of guanidine groups is 1.